The average molecular weight is 623 g/mol. The predicted octanol–water partition coefficient (Wildman–Crippen LogP) is 2.17. The zero-order valence-electron chi connectivity index (χ0n) is 20.5. The Hall–Kier alpha value is -2.42. The van der Waals surface area contributed by atoms with E-state index in [9.17, 15) is 4.79 Å². The van der Waals surface area contributed by atoms with Gasteiger partial charge in [0.2, 0.25) is 11.3 Å². The van der Waals surface area contributed by atoms with Crippen molar-refractivity contribution in [2.24, 2.45) is 0 Å². The number of carbonyl (C=O) groups is 1. The molecule has 11 heteroatoms. The summed E-state index contributed by atoms with van der Waals surface area (Å²) in [5.41, 5.74) is 0.713. The van der Waals surface area contributed by atoms with Gasteiger partial charge >= 0.3 is 0 Å². The minimum atomic E-state index is -4.94. The van der Waals surface area contributed by atoms with Crippen LogP contribution in [0.5, 0.6) is 0 Å². The van der Waals surface area contributed by atoms with E-state index >= 15 is 0 Å². The summed E-state index contributed by atoms with van der Waals surface area (Å²) in [6.07, 6.45) is 0. The highest BCUT2D eigenvalue weighted by Crippen LogP contribution is 2.63. The van der Waals surface area contributed by atoms with Crippen molar-refractivity contribution in [1.82, 2.24) is 5.32 Å². The van der Waals surface area contributed by atoms with Crippen molar-refractivity contribution in [1.29, 1.82) is 0 Å². The zero-order chi connectivity index (χ0) is 28.5. The molecular formula is C28H23Cl3NO5PS. The summed E-state index contributed by atoms with van der Waals surface area (Å²) in [5, 5.41) is 7.13. The van der Waals surface area contributed by atoms with Crippen LogP contribution in [0.15, 0.2) is 130 Å². The molecule has 0 aliphatic rings. The van der Waals surface area contributed by atoms with E-state index in [0.29, 0.717) is 14.8 Å². The molecule has 4 rings (SSSR count). The number of benzene rings is 4. The van der Waals surface area contributed by atoms with E-state index in [1.807, 2.05) is 78.9 Å². The van der Waals surface area contributed by atoms with Gasteiger partial charge in [-0.3, -0.25) is 10.1 Å². The van der Waals surface area contributed by atoms with E-state index in [1.165, 1.54) is 18.7 Å². The van der Waals surface area contributed by atoms with E-state index in [4.69, 9.17) is 41.8 Å². The Bertz CT molecular complexity index is 1290. The lowest BCUT2D eigenvalue weighted by Gasteiger charge is -2.29. The second-order valence-corrected chi connectivity index (χ2v) is 14.1. The number of halogens is 3. The minimum Gasteiger partial charge on any atom is -0.295 e. The summed E-state index contributed by atoms with van der Waals surface area (Å²) in [6, 6.07) is 38.4. The van der Waals surface area contributed by atoms with Gasteiger partial charge < -0.3 is 0 Å². The summed E-state index contributed by atoms with van der Waals surface area (Å²) in [7, 11) is -7.50. The standard InChI is InChI=1S/C28H22Cl2NOPS.ClHO4/c1-21(32)31-28(27(30)34-26-19-17-22(29)18-20-26)33(23-11-5-2-6-12-23,24-13-7-3-8-14-24)25-15-9-4-10-16-25;2-1(3,4)5/h2-20H,1H3;(H,2,3,4,5)/b28-27-;. The molecule has 0 aliphatic heterocycles. The maximum atomic E-state index is 12.6. The third-order valence-corrected chi connectivity index (χ3v) is 11.3. The highest BCUT2D eigenvalue weighted by Gasteiger charge is 2.52. The van der Waals surface area contributed by atoms with Crippen LogP contribution in [0.2, 0.25) is 5.02 Å². The van der Waals surface area contributed by atoms with Crippen LogP contribution in [0.25, 0.3) is 0 Å². The number of nitrogens with one attached hydrogen (secondary N) is 1. The second-order valence-electron chi connectivity index (χ2n) is 7.91. The molecule has 0 unspecified atom stereocenters. The number of thioether (sulfide) groups is 1. The Kier molecular flexibility index (Phi) is 11.4. The Labute approximate surface area is 244 Å². The van der Waals surface area contributed by atoms with Gasteiger partial charge in [0.05, 0.1) is 0 Å². The van der Waals surface area contributed by atoms with Crippen LogP contribution in [0.4, 0.5) is 0 Å². The van der Waals surface area contributed by atoms with Gasteiger partial charge in [-0.25, -0.2) is 18.6 Å². The van der Waals surface area contributed by atoms with Gasteiger partial charge in [0, 0.05) is 16.8 Å². The highest BCUT2D eigenvalue weighted by atomic mass is 35.7. The van der Waals surface area contributed by atoms with E-state index < -0.39 is 17.5 Å². The first-order chi connectivity index (χ1) is 18.5. The molecule has 6 nitrogen and oxygen atoms in total. The maximum absolute atomic E-state index is 12.6. The van der Waals surface area contributed by atoms with E-state index in [-0.39, 0.29) is 5.91 Å². The van der Waals surface area contributed by atoms with Crippen molar-refractivity contribution in [2.75, 3.05) is 0 Å². The molecule has 0 atom stereocenters. The molecule has 0 heterocycles. The van der Waals surface area contributed by atoms with Crippen LogP contribution in [0, 0.1) is 10.2 Å². The van der Waals surface area contributed by atoms with E-state index in [0.717, 1.165) is 20.8 Å². The predicted molar refractivity (Wildman–Crippen MR) is 149 cm³/mol. The lowest BCUT2D eigenvalue weighted by atomic mass is 10.4. The van der Waals surface area contributed by atoms with Gasteiger partial charge in [-0.05, 0) is 60.7 Å². The summed E-state index contributed by atoms with van der Waals surface area (Å²) in [4.78, 5) is 13.5. The van der Waals surface area contributed by atoms with Crippen LogP contribution in [-0.4, -0.2) is 5.91 Å². The fraction of sp³-hybridized carbons (Fsp3) is 0.0357. The lowest BCUT2D eigenvalue weighted by molar-refractivity contribution is -2.00. The highest BCUT2D eigenvalue weighted by molar-refractivity contribution is 8.06. The van der Waals surface area contributed by atoms with Crippen LogP contribution in [0.1, 0.15) is 6.92 Å². The average Bonchev–Trinajstić information content (AvgIpc) is 2.90. The largest absolute Gasteiger partial charge is 0.295 e. The summed E-state index contributed by atoms with van der Waals surface area (Å²) < 4.78 is 34.5. The van der Waals surface area contributed by atoms with Crippen LogP contribution < -0.4 is 39.9 Å². The molecule has 0 saturated carbocycles. The van der Waals surface area contributed by atoms with Gasteiger partial charge in [0.1, 0.15) is 20.3 Å². The molecule has 0 fully saturated rings. The van der Waals surface area contributed by atoms with E-state index in [2.05, 4.69) is 41.7 Å². The smallest absolute Gasteiger partial charge is 0.223 e. The molecule has 4 aromatic rings. The summed E-state index contributed by atoms with van der Waals surface area (Å²) in [6.45, 7) is 1.52. The van der Waals surface area contributed by atoms with Crippen LogP contribution in [-0.2, 0) is 4.79 Å². The number of carbonyl (C=O) groups excluding carboxylic acids is 1. The fourth-order valence-electron chi connectivity index (χ4n) is 3.88. The summed E-state index contributed by atoms with van der Waals surface area (Å²) >= 11 is 14.6. The first-order valence-corrected chi connectivity index (χ1v) is 15.9. The van der Waals surface area contributed by atoms with Gasteiger partial charge in [-0.1, -0.05) is 89.6 Å². The SMILES string of the molecule is CC(=O)N/C(=C(\Cl)Sc1ccc(Cl)cc1)[P+](c1ccccc1)(c1ccccc1)c1ccccc1.[O-][Cl+3]([O-])([O-])[O-]. The van der Waals surface area contributed by atoms with Crippen molar-refractivity contribution < 1.29 is 33.7 Å². The molecule has 1 N–H and O–H groups in total. The second kappa shape index (κ2) is 14.3. The van der Waals surface area contributed by atoms with E-state index in [1.54, 1.807) is 0 Å². The van der Waals surface area contributed by atoms with Crippen molar-refractivity contribution in [3.63, 3.8) is 0 Å². The number of amides is 1. The fourth-order valence-corrected chi connectivity index (χ4v) is 9.99. The molecule has 0 spiro atoms. The first-order valence-electron chi connectivity index (χ1n) is 11.3. The molecule has 1 amide bonds. The van der Waals surface area contributed by atoms with Crippen molar-refractivity contribution in [2.45, 2.75) is 11.8 Å². The van der Waals surface area contributed by atoms with Gasteiger partial charge in [-0.15, -0.1) is 10.2 Å². The number of hydrogen-bond donors (Lipinski definition) is 1. The Balaban J connectivity index is 0.000000771. The van der Waals surface area contributed by atoms with Gasteiger partial charge in [0.15, 0.2) is 7.26 Å². The first kappa shape index (κ1) is 31.1. The Morgan fingerprint density at radius 2 is 1.08 bits per heavy atom. The van der Waals surface area contributed by atoms with Crippen LogP contribution >= 0.6 is 42.2 Å². The normalized spacial score (nSPS) is 12.1. The number of rotatable bonds is 7. The van der Waals surface area contributed by atoms with Crippen molar-refractivity contribution >= 4 is 64.0 Å². The maximum Gasteiger partial charge on any atom is 0.223 e. The third-order valence-electron chi connectivity index (χ3n) is 5.27. The van der Waals surface area contributed by atoms with Crippen molar-refractivity contribution in [3.05, 3.63) is 130 Å². The quantitative estimate of drug-likeness (QED) is 0.249. The van der Waals surface area contributed by atoms with Crippen LogP contribution in [0.3, 0.4) is 0 Å². The molecule has 0 saturated heterocycles. The van der Waals surface area contributed by atoms with Gasteiger partial charge in [-0.2, -0.15) is 0 Å². The molecule has 202 valence electrons. The molecule has 39 heavy (non-hydrogen) atoms. The number of hydrogen-bond acceptors (Lipinski definition) is 6. The molecule has 0 aromatic heterocycles. The topological polar surface area (TPSA) is 121 Å². The third kappa shape index (κ3) is 8.78. The molecule has 0 aliphatic carbocycles. The zero-order valence-corrected chi connectivity index (χ0v) is 24.5. The monoisotopic (exact) mass is 621 g/mol. The summed E-state index contributed by atoms with van der Waals surface area (Å²) in [5.74, 6) is -0.169. The lowest BCUT2D eigenvalue weighted by Crippen LogP contribution is -2.68. The molecular weight excluding hydrogens is 600 g/mol. The molecule has 4 aromatic carbocycles. The molecule has 0 radical (unpaired) electrons. The molecule has 0 bridgehead atoms. The minimum absolute atomic E-state index is 0.169. The Morgan fingerprint density at radius 1 is 0.718 bits per heavy atom. The van der Waals surface area contributed by atoms with Gasteiger partial charge in [0.25, 0.3) is 0 Å². The van der Waals surface area contributed by atoms with Crippen molar-refractivity contribution in [3.8, 4) is 0 Å². The Morgan fingerprint density at radius 3 is 1.41 bits per heavy atom.